The Kier molecular flexibility index (Phi) is 2.43. The second-order valence-electron chi connectivity index (χ2n) is 3.08. The Hall–Kier alpha value is -1.82. The molecule has 0 bridgehead atoms. The van der Waals surface area contributed by atoms with Gasteiger partial charge in [0.05, 0.1) is 11.2 Å². The van der Waals surface area contributed by atoms with E-state index in [1.54, 1.807) is 0 Å². The first-order chi connectivity index (χ1) is 7.52. The number of aromatic hydroxyl groups is 1. The summed E-state index contributed by atoms with van der Waals surface area (Å²) in [6.45, 7) is 0. The van der Waals surface area contributed by atoms with E-state index in [1.807, 2.05) is 0 Å². The van der Waals surface area contributed by atoms with E-state index < -0.39 is 17.4 Å². The number of rotatable bonds is 1. The molecule has 4 N–H and O–H groups in total. The number of phenolic OH excluding ortho intramolecular Hbond substituents is 1. The quantitative estimate of drug-likeness (QED) is 0.675. The largest absolute Gasteiger partial charge is 0.504 e. The lowest BCUT2D eigenvalue weighted by molar-refractivity contribution is 0.408. The molecule has 1 aromatic carbocycles. The third kappa shape index (κ3) is 1.47. The SMILES string of the molecule is Nc1[nH]ncc1-c1cc(Cl)c(O)c(F)c1F. The number of anilines is 1. The maximum atomic E-state index is 13.5. The van der Waals surface area contributed by atoms with Gasteiger partial charge in [0.25, 0.3) is 0 Å². The van der Waals surface area contributed by atoms with Crippen LogP contribution in [0.2, 0.25) is 5.02 Å². The summed E-state index contributed by atoms with van der Waals surface area (Å²) >= 11 is 5.53. The Morgan fingerprint density at radius 2 is 2.00 bits per heavy atom. The maximum absolute atomic E-state index is 13.5. The Morgan fingerprint density at radius 1 is 1.31 bits per heavy atom. The second kappa shape index (κ2) is 3.64. The number of hydrogen-bond donors (Lipinski definition) is 3. The van der Waals surface area contributed by atoms with Gasteiger partial charge in [0.1, 0.15) is 5.82 Å². The van der Waals surface area contributed by atoms with Gasteiger partial charge in [-0.1, -0.05) is 11.6 Å². The van der Waals surface area contributed by atoms with Crippen LogP contribution in [0.15, 0.2) is 12.3 Å². The van der Waals surface area contributed by atoms with E-state index in [0.717, 1.165) is 6.07 Å². The zero-order valence-electron chi connectivity index (χ0n) is 7.76. The van der Waals surface area contributed by atoms with Gasteiger partial charge < -0.3 is 10.8 Å². The fourth-order valence-corrected chi connectivity index (χ4v) is 1.48. The van der Waals surface area contributed by atoms with Crippen LogP contribution in [0.25, 0.3) is 11.1 Å². The molecule has 4 nitrogen and oxygen atoms in total. The molecule has 2 aromatic rings. The first-order valence-corrected chi connectivity index (χ1v) is 4.56. The highest BCUT2D eigenvalue weighted by Crippen LogP contribution is 2.36. The molecule has 0 aliphatic rings. The molecule has 0 spiro atoms. The summed E-state index contributed by atoms with van der Waals surface area (Å²) in [5.41, 5.74) is 5.49. The lowest BCUT2D eigenvalue weighted by atomic mass is 10.1. The second-order valence-corrected chi connectivity index (χ2v) is 3.49. The molecule has 0 atom stereocenters. The predicted molar refractivity (Wildman–Crippen MR) is 55.0 cm³/mol. The van der Waals surface area contributed by atoms with E-state index in [2.05, 4.69) is 10.2 Å². The van der Waals surface area contributed by atoms with Gasteiger partial charge in [-0.3, -0.25) is 5.10 Å². The van der Waals surface area contributed by atoms with Crippen molar-refractivity contribution in [1.29, 1.82) is 0 Å². The number of nitrogens with zero attached hydrogens (tertiary/aromatic N) is 1. The highest BCUT2D eigenvalue weighted by atomic mass is 35.5. The zero-order valence-corrected chi connectivity index (χ0v) is 8.52. The highest BCUT2D eigenvalue weighted by Gasteiger charge is 2.20. The summed E-state index contributed by atoms with van der Waals surface area (Å²) < 4.78 is 26.7. The van der Waals surface area contributed by atoms with Gasteiger partial charge in [-0.15, -0.1) is 0 Å². The van der Waals surface area contributed by atoms with E-state index in [1.165, 1.54) is 6.20 Å². The van der Waals surface area contributed by atoms with Crippen LogP contribution in [0.3, 0.4) is 0 Å². The lowest BCUT2D eigenvalue weighted by Crippen LogP contribution is -1.94. The molecule has 1 heterocycles. The van der Waals surface area contributed by atoms with Crippen molar-refractivity contribution < 1.29 is 13.9 Å². The molecule has 0 amide bonds. The summed E-state index contributed by atoms with van der Waals surface area (Å²) in [5.74, 6) is -3.48. The first-order valence-electron chi connectivity index (χ1n) is 4.18. The normalized spacial score (nSPS) is 10.7. The van der Waals surface area contributed by atoms with Crippen LogP contribution in [0.1, 0.15) is 0 Å². The Bertz CT molecular complexity index is 556. The molecule has 0 unspecified atom stereocenters. The van der Waals surface area contributed by atoms with Gasteiger partial charge in [-0.05, 0) is 6.07 Å². The van der Waals surface area contributed by atoms with Crippen LogP contribution in [0.5, 0.6) is 5.75 Å². The van der Waals surface area contributed by atoms with Crippen molar-refractivity contribution in [1.82, 2.24) is 10.2 Å². The smallest absolute Gasteiger partial charge is 0.202 e. The molecule has 0 fully saturated rings. The number of nitrogen functional groups attached to an aromatic ring is 1. The summed E-state index contributed by atoms with van der Waals surface area (Å²) in [6, 6.07) is 1.08. The van der Waals surface area contributed by atoms with E-state index in [4.69, 9.17) is 22.4 Å². The van der Waals surface area contributed by atoms with E-state index in [9.17, 15) is 8.78 Å². The molecule has 0 aliphatic carbocycles. The number of hydrogen-bond acceptors (Lipinski definition) is 3. The van der Waals surface area contributed by atoms with Crippen molar-refractivity contribution >= 4 is 17.4 Å². The average Bonchev–Trinajstić information content (AvgIpc) is 2.67. The van der Waals surface area contributed by atoms with Crippen LogP contribution in [0.4, 0.5) is 14.6 Å². The molecular formula is C9H6ClF2N3O. The number of aromatic amines is 1. The number of aromatic nitrogens is 2. The van der Waals surface area contributed by atoms with Crippen molar-refractivity contribution in [2.24, 2.45) is 0 Å². The third-order valence-electron chi connectivity index (χ3n) is 2.09. The number of nitrogens with two attached hydrogens (primary N) is 1. The van der Waals surface area contributed by atoms with Crippen molar-refractivity contribution in [3.05, 3.63) is 28.9 Å². The molecule has 0 saturated carbocycles. The molecular weight excluding hydrogens is 240 g/mol. The minimum atomic E-state index is -1.41. The Balaban J connectivity index is 2.72. The molecule has 2 rings (SSSR count). The first kappa shape index (κ1) is 10.7. The Morgan fingerprint density at radius 3 is 2.56 bits per heavy atom. The lowest BCUT2D eigenvalue weighted by Gasteiger charge is -2.06. The number of nitrogens with one attached hydrogen (secondary N) is 1. The van der Waals surface area contributed by atoms with E-state index in [0.29, 0.717) is 0 Å². The Labute approximate surface area is 93.7 Å². The molecule has 0 radical (unpaired) electrons. The van der Waals surface area contributed by atoms with E-state index in [-0.39, 0.29) is 22.0 Å². The summed E-state index contributed by atoms with van der Waals surface area (Å²) in [7, 11) is 0. The molecule has 0 saturated heterocycles. The molecule has 7 heteroatoms. The van der Waals surface area contributed by atoms with Crippen molar-refractivity contribution in [2.75, 3.05) is 5.73 Å². The minimum absolute atomic E-state index is 0.0834. The topological polar surface area (TPSA) is 74.9 Å². The molecule has 1 aromatic heterocycles. The van der Waals surface area contributed by atoms with Gasteiger partial charge in [0.2, 0.25) is 5.82 Å². The third-order valence-corrected chi connectivity index (χ3v) is 2.38. The fourth-order valence-electron chi connectivity index (χ4n) is 1.29. The molecule has 16 heavy (non-hydrogen) atoms. The van der Waals surface area contributed by atoms with Gasteiger partial charge >= 0.3 is 0 Å². The van der Waals surface area contributed by atoms with Gasteiger partial charge in [0, 0.05) is 11.1 Å². The number of halogens is 3. The van der Waals surface area contributed by atoms with Crippen LogP contribution in [-0.4, -0.2) is 15.3 Å². The monoisotopic (exact) mass is 245 g/mol. The summed E-state index contributed by atoms with van der Waals surface area (Å²) in [5, 5.41) is 14.7. The van der Waals surface area contributed by atoms with Crippen LogP contribution >= 0.6 is 11.6 Å². The summed E-state index contributed by atoms with van der Waals surface area (Å²) in [6.07, 6.45) is 1.24. The standard InChI is InChI=1S/C9H6ClF2N3O/c10-5-1-3(4-2-14-15-9(4)13)6(11)7(12)8(5)16/h1-2,16H,(H3,13,14,15). The van der Waals surface area contributed by atoms with Crippen LogP contribution < -0.4 is 5.73 Å². The fraction of sp³-hybridized carbons (Fsp3) is 0. The minimum Gasteiger partial charge on any atom is -0.504 e. The predicted octanol–water partition coefficient (Wildman–Crippen LogP) is 2.30. The van der Waals surface area contributed by atoms with Crippen molar-refractivity contribution in [2.45, 2.75) is 0 Å². The summed E-state index contributed by atoms with van der Waals surface area (Å²) in [4.78, 5) is 0. The van der Waals surface area contributed by atoms with Gasteiger partial charge in [-0.2, -0.15) is 9.49 Å². The van der Waals surface area contributed by atoms with Gasteiger partial charge in [0.15, 0.2) is 11.6 Å². The van der Waals surface area contributed by atoms with Gasteiger partial charge in [-0.25, -0.2) is 4.39 Å². The zero-order chi connectivity index (χ0) is 11.9. The van der Waals surface area contributed by atoms with Crippen LogP contribution in [0, 0.1) is 11.6 Å². The molecule has 84 valence electrons. The highest BCUT2D eigenvalue weighted by molar-refractivity contribution is 6.32. The number of phenols is 1. The average molecular weight is 246 g/mol. The van der Waals surface area contributed by atoms with E-state index >= 15 is 0 Å². The molecule has 0 aliphatic heterocycles. The number of benzene rings is 1. The van der Waals surface area contributed by atoms with Crippen molar-refractivity contribution in [3.8, 4) is 16.9 Å². The van der Waals surface area contributed by atoms with Crippen LogP contribution in [-0.2, 0) is 0 Å². The van der Waals surface area contributed by atoms with Crippen molar-refractivity contribution in [3.63, 3.8) is 0 Å². The number of H-pyrrole nitrogens is 1. The maximum Gasteiger partial charge on any atom is 0.202 e.